The summed E-state index contributed by atoms with van der Waals surface area (Å²) in [5, 5.41) is 6.04. The van der Waals surface area contributed by atoms with Crippen molar-refractivity contribution in [2.75, 3.05) is 20.3 Å². The van der Waals surface area contributed by atoms with Crippen LogP contribution in [0, 0.1) is 0 Å². The summed E-state index contributed by atoms with van der Waals surface area (Å²) in [4.78, 5) is 21.7. The minimum Gasteiger partial charge on any atom is -0.453 e. The zero-order valence-corrected chi connectivity index (χ0v) is 8.17. The van der Waals surface area contributed by atoms with E-state index in [0.717, 1.165) is 4.68 Å². The van der Waals surface area contributed by atoms with Crippen LogP contribution in [0.25, 0.3) is 0 Å². The van der Waals surface area contributed by atoms with E-state index in [0.29, 0.717) is 0 Å². The molecule has 0 aliphatic carbocycles. The van der Waals surface area contributed by atoms with Crippen molar-refractivity contribution in [2.24, 2.45) is 0 Å². The van der Waals surface area contributed by atoms with Gasteiger partial charge in [0.15, 0.2) is 0 Å². The van der Waals surface area contributed by atoms with Gasteiger partial charge >= 0.3 is 12.2 Å². The third-order valence-electron chi connectivity index (χ3n) is 1.47. The van der Waals surface area contributed by atoms with Crippen LogP contribution in [0.1, 0.15) is 0 Å². The average Bonchev–Trinajstić information content (AvgIpc) is 2.77. The Balaban J connectivity index is 2.16. The number of carbonyl (C=O) groups is 2. The second kappa shape index (κ2) is 5.63. The molecule has 0 radical (unpaired) electrons. The molecule has 7 heteroatoms. The zero-order chi connectivity index (χ0) is 11.1. The molecule has 1 amide bonds. The molecule has 0 aliphatic rings. The lowest BCUT2D eigenvalue weighted by molar-refractivity contribution is 0.139. The van der Waals surface area contributed by atoms with Gasteiger partial charge in [-0.25, -0.2) is 9.59 Å². The van der Waals surface area contributed by atoms with E-state index in [-0.39, 0.29) is 13.2 Å². The van der Waals surface area contributed by atoms with E-state index in [9.17, 15) is 9.59 Å². The van der Waals surface area contributed by atoms with Crippen molar-refractivity contribution < 1.29 is 19.1 Å². The molecule has 0 saturated carbocycles. The van der Waals surface area contributed by atoms with Gasteiger partial charge in [-0.15, -0.1) is 0 Å². The van der Waals surface area contributed by atoms with Crippen LogP contribution >= 0.6 is 0 Å². The van der Waals surface area contributed by atoms with Crippen molar-refractivity contribution in [3.63, 3.8) is 0 Å². The fourth-order valence-electron chi connectivity index (χ4n) is 0.807. The largest absolute Gasteiger partial charge is 0.453 e. The highest BCUT2D eigenvalue weighted by molar-refractivity contribution is 5.69. The Labute approximate surface area is 86.0 Å². The molecule has 0 spiro atoms. The summed E-state index contributed by atoms with van der Waals surface area (Å²) >= 11 is 0. The number of alkyl carbamates (subject to hydrolysis) is 1. The summed E-state index contributed by atoms with van der Waals surface area (Å²) in [5.74, 6) is 0. The van der Waals surface area contributed by atoms with Gasteiger partial charge in [0.05, 0.1) is 13.7 Å². The fraction of sp³-hybridized carbons (Fsp3) is 0.375. The van der Waals surface area contributed by atoms with Crippen molar-refractivity contribution >= 4 is 12.2 Å². The third kappa shape index (κ3) is 3.67. The lowest BCUT2D eigenvalue weighted by Gasteiger charge is -2.04. The van der Waals surface area contributed by atoms with Gasteiger partial charge in [0, 0.05) is 12.4 Å². The smallest absolute Gasteiger partial charge is 0.434 e. The molecule has 0 aliphatic heterocycles. The minimum absolute atomic E-state index is 0.0633. The number of methoxy groups -OCH3 is 1. The molecule has 15 heavy (non-hydrogen) atoms. The number of hydrogen-bond acceptors (Lipinski definition) is 5. The molecule has 82 valence electrons. The average molecular weight is 213 g/mol. The van der Waals surface area contributed by atoms with Crippen LogP contribution in [0.3, 0.4) is 0 Å². The number of ether oxygens (including phenoxy) is 2. The molecule has 1 aromatic heterocycles. The number of nitrogens with one attached hydrogen (secondary N) is 1. The molecule has 0 saturated heterocycles. The monoisotopic (exact) mass is 213 g/mol. The van der Waals surface area contributed by atoms with Crippen LogP contribution < -0.4 is 5.32 Å². The molecule has 0 aromatic carbocycles. The number of amides is 1. The molecule has 7 nitrogen and oxygen atoms in total. The van der Waals surface area contributed by atoms with Gasteiger partial charge in [0.1, 0.15) is 6.61 Å². The van der Waals surface area contributed by atoms with Crippen LogP contribution in [0.4, 0.5) is 9.59 Å². The molecular weight excluding hydrogens is 202 g/mol. The second-order valence-electron chi connectivity index (χ2n) is 2.48. The molecule has 1 heterocycles. The van der Waals surface area contributed by atoms with Crippen LogP contribution in [0.5, 0.6) is 0 Å². The summed E-state index contributed by atoms with van der Waals surface area (Å²) in [6.07, 6.45) is 1.78. The topological polar surface area (TPSA) is 82.5 Å². The highest BCUT2D eigenvalue weighted by Crippen LogP contribution is 1.87. The highest BCUT2D eigenvalue weighted by Gasteiger charge is 2.05. The normalized spacial score (nSPS) is 9.40. The Morgan fingerprint density at radius 2 is 2.33 bits per heavy atom. The van der Waals surface area contributed by atoms with Crippen molar-refractivity contribution in [1.29, 1.82) is 0 Å². The Bertz CT molecular complexity index is 323. The first kappa shape index (κ1) is 11.0. The molecular formula is C8H11N3O4. The van der Waals surface area contributed by atoms with Gasteiger partial charge in [-0.05, 0) is 6.07 Å². The Hall–Kier alpha value is -2.05. The molecule has 0 bridgehead atoms. The Morgan fingerprint density at radius 1 is 1.53 bits per heavy atom. The fourth-order valence-corrected chi connectivity index (χ4v) is 0.807. The van der Waals surface area contributed by atoms with Crippen molar-refractivity contribution in [3.05, 3.63) is 18.5 Å². The number of nitrogens with zero attached hydrogens (tertiary/aromatic N) is 2. The van der Waals surface area contributed by atoms with E-state index < -0.39 is 12.2 Å². The van der Waals surface area contributed by atoms with Crippen LogP contribution in [-0.2, 0) is 9.47 Å². The zero-order valence-electron chi connectivity index (χ0n) is 8.17. The van der Waals surface area contributed by atoms with Gasteiger partial charge in [-0.2, -0.15) is 9.78 Å². The first-order valence-electron chi connectivity index (χ1n) is 4.22. The van der Waals surface area contributed by atoms with Crippen LogP contribution in [0.15, 0.2) is 18.5 Å². The van der Waals surface area contributed by atoms with E-state index in [4.69, 9.17) is 4.74 Å². The Morgan fingerprint density at radius 3 is 2.93 bits per heavy atom. The van der Waals surface area contributed by atoms with E-state index >= 15 is 0 Å². The summed E-state index contributed by atoms with van der Waals surface area (Å²) in [6, 6.07) is 1.61. The first-order valence-corrected chi connectivity index (χ1v) is 4.22. The maximum Gasteiger partial charge on any atom is 0.434 e. The maximum absolute atomic E-state index is 11.2. The molecule has 1 N–H and O–H groups in total. The summed E-state index contributed by atoms with van der Waals surface area (Å²) in [7, 11) is 1.26. The lowest BCUT2D eigenvalue weighted by Crippen LogP contribution is -2.28. The van der Waals surface area contributed by atoms with Gasteiger partial charge in [-0.3, -0.25) is 0 Å². The van der Waals surface area contributed by atoms with Gasteiger partial charge < -0.3 is 14.8 Å². The minimum atomic E-state index is -0.591. The van der Waals surface area contributed by atoms with Gasteiger partial charge in [0.2, 0.25) is 0 Å². The van der Waals surface area contributed by atoms with Gasteiger partial charge in [0.25, 0.3) is 0 Å². The molecule has 1 rings (SSSR count). The second-order valence-corrected chi connectivity index (χ2v) is 2.48. The summed E-state index contributed by atoms with van der Waals surface area (Å²) < 4.78 is 10.1. The van der Waals surface area contributed by atoms with Crippen LogP contribution in [0.2, 0.25) is 0 Å². The first-order chi connectivity index (χ1) is 7.24. The quantitative estimate of drug-likeness (QED) is 0.726. The molecule has 0 fully saturated rings. The Kier molecular flexibility index (Phi) is 4.14. The molecule has 0 unspecified atom stereocenters. The molecule has 0 atom stereocenters. The number of aromatic nitrogens is 2. The summed E-state index contributed by atoms with van der Waals surface area (Å²) in [6.45, 7) is 0.257. The SMILES string of the molecule is COC(=O)NCCOC(=O)n1cccn1. The van der Waals surface area contributed by atoms with Crippen LogP contribution in [-0.4, -0.2) is 42.2 Å². The van der Waals surface area contributed by atoms with Gasteiger partial charge in [-0.1, -0.05) is 0 Å². The number of rotatable bonds is 3. The number of hydrogen-bond donors (Lipinski definition) is 1. The van der Waals surface area contributed by atoms with E-state index in [1.807, 2.05) is 0 Å². The predicted molar refractivity (Wildman–Crippen MR) is 49.4 cm³/mol. The van der Waals surface area contributed by atoms with Crippen molar-refractivity contribution in [3.8, 4) is 0 Å². The van der Waals surface area contributed by atoms with E-state index in [1.165, 1.54) is 19.5 Å². The summed E-state index contributed by atoms with van der Waals surface area (Å²) in [5.41, 5.74) is 0. The third-order valence-corrected chi connectivity index (χ3v) is 1.47. The lowest BCUT2D eigenvalue weighted by atomic mass is 10.7. The predicted octanol–water partition coefficient (Wildman–Crippen LogP) is 0.224. The molecule has 1 aromatic rings. The maximum atomic E-state index is 11.2. The van der Waals surface area contributed by atoms with Crippen molar-refractivity contribution in [1.82, 2.24) is 15.1 Å². The highest BCUT2D eigenvalue weighted by atomic mass is 16.6. The number of carbonyl (C=O) groups excluding carboxylic acids is 2. The standard InChI is InChI=1S/C8H11N3O4/c1-14-7(12)9-4-6-15-8(13)11-5-2-3-10-11/h2-3,5H,4,6H2,1H3,(H,9,12). The van der Waals surface area contributed by atoms with E-state index in [1.54, 1.807) is 6.07 Å². The van der Waals surface area contributed by atoms with Crippen molar-refractivity contribution in [2.45, 2.75) is 0 Å². The van der Waals surface area contributed by atoms with E-state index in [2.05, 4.69) is 15.2 Å².